The van der Waals surface area contributed by atoms with Crippen LogP contribution in [0.25, 0.3) is 5.82 Å². The summed E-state index contributed by atoms with van der Waals surface area (Å²) in [5, 5.41) is 10.2. The summed E-state index contributed by atoms with van der Waals surface area (Å²) in [6, 6.07) is 8.88. The molecule has 0 aliphatic heterocycles. The van der Waals surface area contributed by atoms with E-state index in [4.69, 9.17) is 15.8 Å². The van der Waals surface area contributed by atoms with Gasteiger partial charge >= 0.3 is 16.3 Å². The van der Waals surface area contributed by atoms with Gasteiger partial charge in [-0.3, -0.25) is 0 Å². The minimum Gasteiger partial charge on any atom is -0.375 e. The molecule has 0 N–H and O–H groups in total. The van der Waals surface area contributed by atoms with E-state index in [1.54, 1.807) is 6.07 Å². The summed E-state index contributed by atoms with van der Waals surface area (Å²) in [7, 11) is -4.27. The Morgan fingerprint density at radius 2 is 1.77 bits per heavy atom. The molecule has 12 heteroatoms. The third-order valence-corrected chi connectivity index (χ3v) is 4.47. The van der Waals surface area contributed by atoms with E-state index in [1.807, 2.05) is 0 Å². The van der Waals surface area contributed by atoms with Crippen LogP contribution in [0.3, 0.4) is 0 Å². The van der Waals surface area contributed by atoms with Crippen molar-refractivity contribution in [1.82, 2.24) is 20.0 Å². The van der Waals surface area contributed by atoms with Crippen LogP contribution < -0.4 is 4.18 Å². The predicted molar refractivity (Wildman–Crippen MR) is 83.4 cm³/mol. The molecular formula is C14H8ClF3N4O3S. The molecule has 7 nitrogen and oxygen atoms in total. The lowest BCUT2D eigenvalue weighted by molar-refractivity contribution is -0.141. The monoisotopic (exact) mass is 404 g/mol. The minimum absolute atomic E-state index is 0.157. The Hall–Kier alpha value is -2.66. The lowest BCUT2D eigenvalue weighted by Gasteiger charge is -2.10. The summed E-state index contributed by atoms with van der Waals surface area (Å²) in [4.78, 5) is -0.157. The topological polar surface area (TPSA) is 87.0 Å². The fourth-order valence-electron chi connectivity index (χ4n) is 1.91. The van der Waals surface area contributed by atoms with Gasteiger partial charge in [-0.25, -0.2) is 4.68 Å². The predicted octanol–water partition coefficient (Wildman–Crippen LogP) is 3.10. The van der Waals surface area contributed by atoms with Crippen molar-refractivity contribution < 1.29 is 25.8 Å². The van der Waals surface area contributed by atoms with Crippen LogP contribution in [0.5, 0.6) is 5.75 Å². The van der Waals surface area contributed by atoms with E-state index in [1.165, 1.54) is 24.3 Å². The average Bonchev–Trinajstić information content (AvgIpc) is 3.05. The van der Waals surface area contributed by atoms with E-state index in [-0.39, 0.29) is 15.9 Å². The largest absolute Gasteiger partial charge is 0.435 e. The molecule has 2 heterocycles. The molecule has 0 saturated heterocycles. The molecule has 3 rings (SSSR count). The maximum absolute atomic E-state index is 12.7. The van der Waals surface area contributed by atoms with E-state index in [9.17, 15) is 21.6 Å². The third-order valence-electron chi connectivity index (χ3n) is 3.04. The normalized spacial score (nSPS) is 12.2. The fraction of sp³-hybridized carbons (Fsp3) is 0.0714. The summed E-state index contributed by atoms with van der Waals surface area (Å²) in [5.74, 6) is -0.796. The van der Waals surface area contributed by atoms with Crippen molar-refractivity contribution in [3.8, 4) is 11.6 Å². The second kappa shape index (κ2) is 6.57. The van der Waals surface area contributed by atoms with E-state index < -0.39 is 27.7 Å². The lowest BCUT2D eigenvalue weighted by atomic mass is 10.4. The van der Waals surface area contributed by atoms with Crippen molar-refractivity contribution in [3.05, 3.63) is 59.5 Å². The molecule has 0 radical (unpaired) electrons. The van der Waals surface area contributed by atoms with Crippen molar-refractivity contribution in [2.24, 2.45) is 0 Å². The van der Waals surface area contributed by atoms with E-state index in [0.717, 1.165) is 12.3 Å². The highest BCUT2D eigenvalue weighted by atomic mass is 35.5. The van der Waals surface area contributed by atoms with Crippen LogP contribution >= 0.6 is 11.6 Å². The van der Waals surface area contributed by atoms with Gasteiger partial charge in [0, 0.05) is 12.3 Å². The van der Waals surface area contributed by atoms with Gasteiger partial charge in [0.25, 0.3) is 0 Å². The van der Waals surface area contributed by atoms with Gasteiger partial charge in [0.1, 0.15) is 4.90 Å². The zero-order valence-electron chi connectivity index (χ0n) is 12.6. The molecule has 0 unspecified atom stereocenters. The Labute approximate surface area is 150 Å². The average molecular weight is 405 g/mol. The molecule has 0 amide bonds. The quantitative estimate of drug-likeness (QED) is 0.621. The van der Waals surface area contributed by atoms with Crippen LogP contribution in [0.2, 0.25) is 5.15 Å². The standard InChI is InChI=1S/C14H8ClF3N4O3S/c15-12-8-10(25-26(23,24)9-4-2-1-3-5-9)13(20-19-12)22-7-6-11(21-22)14(16,17)18/h1-8H. The van der Waals surface area contributed by atoms with Gasteiger partial charge in [-0.1, -0.05) is 29.8 Å². The molecule has 0 saturated carbocycles. The SMILES string of the molecule is O=S(=O)(Oc1cc(Cl)nnc1-n1ccc(C(F)(F)F)n1)c1ccccc1. The van der Waals surface area contributed by atoms with E-state index in [2.05, 4.69) is 15.3 Å². The summed E-state index contributed by atoms with van der Waals surface area (Å²) >= 11 is 5.70. The number of nitrogens with zero attached hydrogens (tertiary/aromatic N) is 4. The number of aromatic nitrogens is 4. The zero-order chi connectivity index (χ0) is 18.9. The molecule has 1 aromatic carbocycles. The maximum atomic E-state index is 12.7. The number of alkyl halides is 3. The molecule has 0 atom stereocenters. The number of rotatable bonds is 4. The highest BCUT2D eigenvalue weighted by Crippen LogP contribution is 2.30. The minimum atomic E-state index is -4.68. The van der Waals surface area contributed by atoms with Crippen molar-refractivity contribution >= 4 is 21.7 Å². The number of benzene rings is 1. The van der Waals surface area contributed by atoms with Gasteiger partial charge in [0.15, 0.2) is 16.6 Å². The van der Waals surface area contributed by atoms with Crippen LogP contribution in [-0.2, 0) is 16.3 Å². The molecule has 26 heavy (non-hydrogen) atoms. The Bertz CT molecular complexity index is 1040. The molecule has 0 spiro atoms. The summed E-state index contributed by atoms with van der Waals surface area (Å²) in [6.45, 7) is 0. The van der Waals surface area contributed by atoms with Crippen LogP contribution in [0.4, 0.5) is 13.2 Å². The highest BCUT2D eigenvalue weighted by Gasteiger charge is 2.34. The first-order chi connectivity index (χ1) is 12.2. The second-order valence-electron chi connectivity index (χ2n) is 4.85. The van der Waals surface area contributed by atoms with Crippen LogP contribution in [0, 0.1) is 0 Å². The molecule has 0 fully saturated rings. The van der Waals surface area contributed by atoms with Crippen molar-refractivity contribution in [1.29, 1.82) is 0 Å². The van der Waals surface area contributed by atoms with Gasteiger partial charge in [-0.05, 0) is 18.2 Å². The van der Waals surface area contributed by atoms with Gasteiger partial charge in [0.05, 0.1) is 0 Å². The number of hydrogen-bond donors (Lipinski definition) is 0. The first-order valence-electron chi connectivity index (χ1n) is 6.83. The first kappa shape index (κ1) is 18.1. The van der Waals surface area contributed by atoms with Gasteiger partial charge < -0.3 is 4.18 Å². The Morgan fingerprint density at radius 1 is 1.08 bits per heavy atom. The van der Waals surface area contributed by atoms with E-state index >= 15 is 0 Å². The number of halogens is 4. The molecule has 136 valence electrons. The molecule has 2 aromatic heterocycles. The van der Waals surface area contributed by atoms with Crippen LogP contribution in [0.15, 0.2) is 53.6 Å². The molecular weight excluding hydrogens is 397 g/mol. The van der Waals surface area contributed by atoms with Gasteiger partial charge in [-0.2, -0.15) is 26.7 Å². The summed E-state index contributed by atoms with van der Waals surface area (Å²) < 4.78 is 68.5. The smallest absolute Gasteiger partial charge is 0.375 e. The van der Waals surface area contributed by atoms with Gasteiger partial charge in [-0.15, -0.1) is 10.2 Å². The Morgan fingerprint density at radius 3 is 2.38 bits per heavy atom. The van der Waals surface area contributed by atoms with Crippen LogP contribution in [0.1, 0.15) is 5.69 Å². The van der Waals surface area contributed by atoms with Crippen molar-refractivity contribution in [2.45, 2.75) is 11.1 Å². The van der Waals surface area contributed by atoms with Crippen molar-refractivity contribution in [3.63, 3.8) is 0 Å². The molecule has 0 bridgehead atoms. The highest BCUT2D eigenvalue weighted by molar-refractivity contribution is 7.87. The lowest BCUT2D eigenvalue weighted by Crippen LogP contribution is -2.14. The first-order valence-corrected chi connectivity index (χ1v) is 8.61. The Kier molecular flexibility index (Phi) is 4.59. The fourth-order valence-corrected chi connectivity index (χ4v) is 3.00. The van der Waals surface area contributed by atoms with Crippen molar-refractivity contribution in [2.75, 3.05) is 0 Å². The summed E-state index contributed by atoms with van der Waals surface area (Å²) in [6.07, 6.45) is -3.73. The Balaban J connectivity index is 2.03. The molecule has 3 aromatic rings. The summed E-state index contributed by atoms with van der Waals surface area (Å²) in [5.41, 5.74) is -1.19. The van der Waals surface area contributed by atoms with Crippen LogP contribution in [-0.4, -0.2) is 28.4 Å². The molecule has 0 aliphatic carbocycles. The number of hydrogen-bond acceptors (Lipinski definition) is 6. The zero-order valence-corrected chi connectivity index (χ0v) is 14.1. The second-order valence-corrected chi connectivity index (χ2v) is 6.78. The third kappa shape index (κ3) is 3.78. The van der Waals surface area contributed by atoms with E-state index in [0.29, 0.717) is 10.7 Å². The molecule has 0 aliphatic rings. The van der Waals surface area contributed by atoms with Gasteiger partial charge in [0.2, 0.25) is 5.82 Å². The maximum Gasteiger partial charge on any atom is 0.435 e.